The number of nitro benzene ring substituents is 1. The molecule has 6 nitrogen and oxygen atoms in total. The van der Waals surface area contributed by atoms with Crippen molar-refractivity contribution in [1.29, 1.82) is 0 Å². The molecule has 1 N–H and O–H groups in total. The summed E-state index contributed by atoms with van der Waals surface area (Å²) < 4.78 is 13.9. The standard InChI is InChI=1S/C12H15FN2O4/c1-8(2)14(6-5-12(16)17)11-4-3-9(15(18)19)7-10(11)13/h3-4,7-8H,5-6H2,1-2H3,(H,16,17). The van der Waals surface area contributed by atoms with Crippen LogP contribution in [0.2, 0.25) is 0 Å². The fourth-order valence-corrected chi connectivity index (χ4v) is 1.72. The van der Waals surface area contributed by atoms with Gasteiger partial charge in [0.1, 0.15) is 0 Å². The van der Waals surface area contributed by atoms with Crippen molar-refractivity contribution in [3.63, 3.8) is 0 Å². The smallest absolute Gasteiger partial charge is 0.305 e. The van der Waals surface area contributed by atoms with Crippen LogP contribution in [0.3, 0.4) is 0 Å². The number of hydrogen-bond donors (Lipinski definition) is 1. The normalized spacial score (nSPS) is 10.5. The number of nitro groups is 1. The van der Waals surface area contributed by atoms with E-state index in [0.29, 0.717) is 0 Å². The Morgan fingerprint density at radius 1 is 1.53 bits per heavy atom. The Kier molecular flexibility index (Phi) is 4.80. The van der Waals surface area contributed by atoms with Gasteiger partial charge in [-0.2, -0.15) is 0 Å². The van der Waals surface area contributed by atoms with Gasteiger partial charge in [0, 0.05) is 18.7 Å². The molecule has 0 aliphatic rings. The van der Waals surface area contributed by atoms with Crippen LogP contribution >= 0.6 is 0 Å². The monoisotopic (exact) mass is 270 g/mol. The molecule has 104 valence electrons. The summed E-state index contributed by atoms with van der Waals surface area (Å²) in [7, 11) is 0. The first kappa shape index (κ1) is 14.9. The van der Waals surface area contributed by atoms with Crippen molar-refractivity contribution in [2.75, 3.05) is 11.4 Å². The average Bonchev–Trinajstić information content (AvgIpc) is 2.30. The molecule has 19 heavy (non-hydrogen) atoms. The summed E-state index contributed by atoms with van der Waals surface area (Å²) in [5, 5.41) is 19.2. The molecular weight excluding hydrogens is 255 g/mol. The molecular formula is C12H15FN2O4. The van der Waals surface area contributed by atoms with Crippen molar-refractivity contribution in [3.05, 3.63) is 34.1 Å². The first-order valence-corrected chi connectivity index (χ1v) is 5.75. The maximum atomic E-state index is 13.9. The molecule has 0 amide bonds. The summed E-state index contributed by atoms with van der Waals surface area (Å²) in [6.07, 6.45) is -0.130. The second-order valence-electron chi connectivity index (χ2n) is 4.32. The lowest BCUT2D eigenvalue weighted by Gasteiger charge is -2.28. The number of nitrogens with zero attached hydrogens (tertiary/aromatic N) is 2. The highest BCUT2D eigenvalue weighted by Gasteiger charge is 2.18. The van der Waals surface area contributed by atoms with Crippen molar-refractivity contribution >= 4 is 17.3 Å². The number of carbonyl (C=O) groups is 1. The number of hydrogen-bond acceptors (Lipinski definition) is 4. The van der Waals surface area contributed by atoms with Gasteiger partial charge in [-0.3, -0.25) is 14.9 Å². The number of rotatable bonds is 6. The lowest BCUT2D eigenvalue weighted by atomic mass is 10.2. The van der Waals surface area contributed by atoms with Crippen molar-refractivity contribution < 1.29 is 19.2 Å². The average molecular weight is 270 g/mol. The fraction of sp³-hybridized carbons (Fsp3) is 0.417. The molecule has 0 heterocycles. The highest BCUT2D eigenvalue weighted by atomic mass is 19.1. The van der Waals surface area contributed by atoms with Crippen LogP contribution in [0.4, 0.5) is 15.8 Å². The Morgan fingerprint density at radius 2 is 2.16 bits per heavy atom. The number of anilines is 1. The summed E-state index contributed by atoms with van der Waals surface area (Å²) in [6.45, 7) is 3.73. The van der Waals surface area contributed by atoms with Crippen LogP contribution < -0.4 is 4.90 Å². The van der Waals surface area contributed by atoms with Crippen LogP contribution in [-0.2, 0) is 4.79 Å². The molecule has 0 atom stereocenters. The Labute approximate surface area is 109 Å². The minimum atomic E-state index is -0.979. The van der Waals surface area contributed by atoms with Crippen molar-refractivity contribution in [3.8, 4) is 0 Å². The molecule has 0 aliphatic carbocycles. The van der Waals surface area contributed by atoms with E-state index in [1.807, 2.05) is 0 Å². The van der Waals surface area contributed by atoms with E-state index in [2.05, 4.69) is 0 Å². The third-order valence-corrected chi connectivity index (χ3v) is 2.64. The molecule has 0 spiro atoms. The van der Waals surface area contributed by atoms with Crippen LogP contribution in [0.1, 0.15) is 20.3 Å². The van der Waals surface area contributed by atoms with Crippen molar-refractivity contribution in [2.45, 2.75) is 26.3 Å². The van der Waals surface area contributed by atoms with Gasteiger partial charge in [-0.25, -0.2) is 4.39 Å². The zero-order valence-corrected chi connectivity index (χ0v) is 10.7. The van der Waals surface area contributed by atoms with Crippen LogP contribution in [0.5, 0.6) is 0 Å². The molecule has 1 aromatic carbocycles. The zero-order chi connectivity index (χ0) is 14.6. The van der Waals surface area contributed by atoms with E-state index < -0.39 is 16.7 Å². The summed E-state index contributed by atoms with van der Waals surface area (Å²) in [5.41, 5.74) is -0.162. The van der Waals surface area contributed by atoms with Crippen LogP contribution in [0.15, 0.2) is 18.2 Å². The van der Waals surface area contributed by atoms with Gasteiger partial charge in [0.15, 0.2) is 5.82 Å². The van der Waals surface area contributed by atoms with E-state index in [0.717, 1.165) is 6.07 Å². The predicted molar refractivity (Wildman–Crippen MR) is 67.8 cm³/mol. The SMILES string of the molecule is CC(C)N(CCC(=O)O)c1ccc([N+](=O)[O-])cc1F. The Morgan fingerprint density at radius 3 is 2.58 bits per heavy atom. The molecule has 0 fully saturated rings. The molecule has 0 saturated heterocycles. The summed E-state index contributed by atoms with van der Waals surface area (Å²) in [5.74, 6) is -1.71. The highest BCUT2D eigenvalue weighted by molar-refractivity contribution is 5.68. The molecule has 0 radical (unpaired) electrons. The van der Waals surface area contributed by atoms with E-state index in [4.69, 9.17) is 5.11 Å². The second-order valence-corrected chi connectivity index (χ2v) is 4.32. The predicted octanol–water partition coefficient (Wildman–Crippen LogP) is 2.42. The summed E-state index contributed by atoms with van der Waals surface area (Å²) in [6, 6.07) is 3.23. The van der Waals surface area contributed by atoms with Gasteiger partial charge in [0.25, 0.3) is 5.69 Å². The third kappa shape index (κ3) is 3.90. The molecule has 0 saturated carbocycles. The minimum absolute atomic E-state index is 0.115. The van der Waals surface area contributed by atoms with Gasteiger partial charge in [-0.1, -0.05) is 0 Å². The van der Waals surface area contributed by atoms with Gasteiger partial charge >= 0.3 is 5.97 Å². The van der Waals surface area contributed by atoms with Crippen molar-refractivity contribution in [2.24, 2.45) is 0 Å². The van der Waals surface area contributed by atoms with Gasteiger partial charge < -0.3 is 10.0 Å². The Hall–Kier alpha value is -2.18. The number of carboxylic acids is 1. The topological polar surface area (TPSA) is 83.7 Å². The zero-order valence-electron chi connectivity index (χ0n) is 10.7. The largest absolute Gasteiger partial charge is 0.481 e. The van der Waals surface area contributed by atoms with Crippen LogP contribution in [0.25, 0.3) is 0 Å². The molecule has 1 aromatic rings. The highest BCUT2D eigenvalue weighted by Crippen LogP contribution is 2.25. The molecule has 1 rings (SSSR count). The number of aliphatic carboxylic acids is 1. The van der Waals surface area contributed by atoms with E-state index in [9.17, 15) is 19.3 Å². The fourth-order valence-electron chi connectivity index (χ4n) is 1.72. The maximum absolute atomic E-state index is 13.9. The maximum Gasteiger partial charge on any atom is 0.305 e. The first-order chi connectivity index (χ1) is 8.82. The van der Waals surface area contributed by atoms with E-state index >= 15 is 0 Å². The van der Waals surface area contributed by atoms with Gasteiger partial charge in [-0.05, 0) is 19.9 Å². The number of carboxylic acid groups (broad SMARTS) is 1. The van der Waals surface area contributed by atoms with Crippen molar-refractivity contribution in [1.82, 2.24) is 0 Å². The quantitative estimate of drug-likeness (QED) is 0.634. The number of benzene rings is 1. The Bertz CT molecular complexity index is 491. The molecule has 0 unspecified atom stereocenters. The third-order valence-electron chi connectivity index (χ3n) is 2.64. The molecule has 0 bridgehead atoms. The van der Waals surface area contributed by atoms with Crippen LogP contribution in [-0.4, -0.2) is 28.6 Å². The second kappa shape index (κ2) is 6.12. The lowest BCUT2D eigenvalue weighted by Crippen LogP contribution is -2.33. The molecule has 7 heteroatoms. The first-order valence-electron chi connectivity index (χ1n) is 5.75. The van der Waals surface area contributed by atoms with E-state index in [1.54, 1.807) is 18.7 Å². The van der Waals surface area contributed by atoms with E-state index in [1.165, 1.54) is 12.1 Å². The minimum Gasteiger partial charge on any atom is -0.481 e. The number of non-ortho nitro benzene ring substituents is 1. The Balaban J connectivity index is 3.02. The van der Waals surface area contributed by atoms with E-state index in [-0.39, 0.29) is 30.4 Å². The van der Waals surface area contributed by atoms with Gasteiger partial charge in [0.05, 0.1) is 23.1 Å². The van der Waals surface area contributed by atoms with Gasteiger partial charge in [-0.15, -0.1) is 0 Å². The lowest BCUT2D eigenvalue weighted by molar-refractivity contribution is -0.385. The number of halogens is 1. The van der Waals surface area contributed by atoms with Crippen LogP contribution in [0, 0.1) is 15.9 Å². The molecule has 0 aromatic heterocycles. The summed E-state index contributed by atoms with van der Waals surface area (Å²) in [4.78, 5) is 22.0. The molecule has 0 aliphatic heterocycles. The van der Waals surface area contributed by atoms with Gasteiger partial charge in [0.2, 0.25) is 0 Å². The summed E-state index contributed by atoms with van der Waals surface area (Å²) >= 11 is 0.